The van der Waals surface area contributed by atoms with Crippen molar-refractivity contribution in [2.75, 3.05) is 0 Å². The summed E-state index contributed by atoms with van der Waals surface area (Å²) in [6.07, 6.45) is 0. The molecular weight excluding hydrogens is 448 g/mol. The minimum absolute atomic E-state index is 0.0361. The second-order valence-corrected chi connectivity index (χ2v) is 6.66. The first kappa shape index (κ1) is 18.9. The van der Waals surface area contributed by atoms with Crippen molar-refractivity contribution >= 4 is 33.2 Å². The van der Waals surface area contributed by atoms with Crippen molar-refractivity contribution < 1.29 is 24.4 Å². The van der Waals surface area contributed by atoms with Crippen LogP contribution in [0.1, 0.15) is 11.3 Å². The number of aromatic hydroxyl groups is 2. The maximum atomic E-state index is 12.2. The summed E-state index contributed by atoms with van der Waals surface area (Å²) in [6.45, 7) is 3.21. The molecule has 0 bridgehead atoms. The maximum Gasteiger partial charge on any atom is 0.315 e. The quantitative estimate of drug-likeness (QED) is 0.152. The second kappa shape index (κ2) is 6.67. The molecule has 2 heterocycles. The number of rotatable bonds is 3. The van der Waals surface area contributed by atoms with Crippen LogP contribution in [0.15, 0.2) is 21.3 Å². The third kappa shape index (κ3) is 3.04. The fraction of sp³-hybridized carbons (Fsp3) is 0.133. The number of halogens is 2. The number of aromatic nitrogens is 3. The van der Waals surface area contributed by atoms with Crippen molar-refractivity contribution in [3.8, 4) is 34.3 Å². The van der Waals surface area contributed by atoms with Crippen molar-refractivity contribution in [3.05, 3.63) is 48.3 Å². The Morgan fingerprint density at radius 2 is 2.00 bits per heavy atom. The van der Waals surface area contributed by atoms with Gasteiger partial charge >= 0.3 is 5.69 Å². The van der Waals surface area contributed by atoms with Gasteiger partial charge in [-0.3, -0.25) is 10.1 Å². The molecule has 12 heteroatoms. The summed E-state index contributed by atoms with van der Waals surface area (Å²) in [5, 5.41) is 46.4. The molecule has 10 nitrogen and oxygen atoms in total. The molecule has 0 aliphatic heterocycles. The molecule has 3 aromatic rings. The zero-order valence-corrected chi connectivity index (χ0v) is 16.1. The molecular formula is C15H10BrClN4O6. The van der Waals surface area contributed by atoms with Crippen LogP contribution < -0.4 is 4.73 Å². The fourth-order valence-corrected chi connectivity index (χ4v) is 3.34. The molecule has 27 heavy (non-hydrogen) atoms. The Labute approximate surface area is 164 Å². The highest BCUT2D eigenvalue weighted by Crippen LogP contribution is 2.40. The van der Waals surface area contributed by atoms with E-state index < -0.39 is 22.1 Å². The number of hydrogen-bond donors (Lipinski definition) is 2. The predicted molar refractivity (Wildman–Crippen MR) is 96.3 cm³/mol. The van der Waals surface area contributed by atoms with Crippen LogP contribution in [-0.4, -0.2) is 25.3 Å². The van der Waals surface area contributed by atoms with Crippen molar-refractivity contribution in [2.45, 2.75) is 13.8 Å². The van der Waals surface area contributed by atoms with Crippen molar-refractivity contribution in [1.29, 1.82) is 0 Å². The third-order valence-electron chi connectivity index (χ3n) is 3.88. The number of phenolic OH excluding ortho intramolecular Hbond substituents is 2. The number of nitrogens with zero attached hydrogens (tertiary/aromatic N) is 4. The second-order valence-electron chi connectivity index (χ2n) is 5.53. The summed E-state index contributed by atoms with van der Waals surface area (Å²) < 4.78 is 5.84. The average Bonchev–Trinajstić information content (AvgIpc) is 3.10. The highest BCUT2D eigenvalue weighted by molar-refractivity contribution is 9.10. The van der Waals surface area contributed by atoms with E-state index in [-0.39, 0.29) is 38.2 Å². The standard InChI is InChI=1S/C15H10BrClN4O6/c1-5-10(13(16)20(24)6(2)11(5)17)15-18-14(19-27-15)7-3-8(21(25)26)12(23)9(22)4-7/h3-4,22-23H,1-2H3. The molecule has 0 fully saturated rings. The number of nitro groups is 1. The average molecular weight is 458 g/mol. The summed E-state index contributed by atoms with van der Waals surface area (Å²) in [5.74, 6) is -1.73. The van der Waals surface area contributed by atoms with Crippen LogP contribution in [0.4, 0.5) is 5.69 Å². The van der Waals surface area contributed by atoms with Gasteiger partial charge in [-0.05, 0) is 18.6 Å². The lowest BCUT2D eigenvalue weighted by molar-refractivity contribution is -0.623. The van der Waals surface area contributed by atoms with Crippen LogP contribution in [-0.2, 0) is 0 Å². The van der Waals surface area contributed by atoms with E-state index in [1.165, 1.54) is 0 Å². The summed E-state index contributed by atoms with van der Waals surface area (Å²) in [4.78, 5) is 14.3. The van der Waals surface area contributed by atoms with Crippen molar-refractivity contribution in [3.63, 3.8) is 0 Å². The first-order valence-corrected chi connectivity index (χ1v) is 8.43. The van der Waals surface area contributed by atoms with Crippen LogP contribution >= 0.6 is 27.5 Å². The summed E-state index contributed by atoms with van der Waals surface area (Å²) in [5.41, 5.74) is 0.377. The molecule has 2 N–H and O–H groups in total. The van der Waals surface area contributed by atoms with Gasteiger partial charge in [0.2, 0.25) is 17.3 Å². The third-order valence-corrected chi connectivity index (χ3v) is 5.15. The first-order chi connectivity index (χ1) is 12.6. The molecule has 2 aromatic heterocycles. The Hall–Kier alpha value is -2.92. The molecule has 0 aliphatic rings. The van der Waals surface area contributed by atoms with Gasteiger partial charge in [0, 0.05) is 34.5 Å². The fourth-order valence-electron chi connectivity index (χ4n) is 2.44. The van der Waals surface area contributed by atoms with E-state index in [4.69, 9.17) is 16.1 Å². The zero-order chi connectivity index (χ0) is 20.0. The molecule has 0 saturated heterocycles. The van der Waals surface area contributed by atoms with E-state index in [0.717, 1.165) is 12.1 Å². The normalized spacial score (nSPS) is 11.0. The van der Waals surface area contributed by atoms with Crippen LogP contribution in [0, 0.1) is 29.2 Å². The minimum Gasteiger partial charge on any atom is -0.618 e. The lowest BCUT2D eigenvalue weighted by atomic mass is 10.1. The van der Waals surface area contributed by atoms with Gasteiger partial charge in [-0.2, -0.15) is 9.71 Å². The number of hydrogen-bond acceptors (Lipinski definition) is 8. The smallest absolute Gasteiger partial charge is 0.315 e. The molecule has 140 valence electrons. The van der Waals surface area contributed by atoms with Crippen LogP contribution in [0.2, 0.25) is 5.02 Å². The zero-order valence-electron chi connectivity index (χ0n) is 13.7. The topological polar surface area (TPSA) is 149 Å². The Morgan fingerprint density at radius 3 is 2.63 bits per heavy atom. The van der Waals surface area contributed by atoms with Crippen molar-refractivity contribution in [2.24, 2.45) is 0 Å². The Bertz CT molecular complexity index is 1070. The van der Waals surface area contributed by atoms with E-state index in [2.05, 4.69) is 26.1 Å². The molecule has 0 aliphatic carbocycles. The van der Waals surface area contributed by atoms with Gasteiger partial charge in [0.05, 0.1) is 4.92 Å². The molecule has 0 atom stereocenters. The molecule has 0 spiro atoms. The highest BCUT2D eigenvalue weighted by Gasteiger charge is 2.27. The predicted octanol–water partition coefficient (Wildman–Crippen LogP) is 3.39. The molecule has 0 radical (unpaired) electrons. The molecule has 1 aromatic carbocycles. The Morgan fingerprint density at radius 1 is 1.33 bits per heavy atom. The van der Waals surface area contributed by atoms with Gasteiger partial charge in [-0.25, -0.2) is 0 Å². The van der Waals surface area contributed by atoms with E-state index in [0.29, 0.717) is 10.3 Å². The molecule has 0 saturated carbocycles. The van der Waals surface area contributed by atoms with Gasteiger partial charge in [0.15, 0.2) is 5.75 Å². The first-order valence-electron chi connectivity index (χ1n) is 7.26. The Kier molecular flexibility index (Phi) is 4.66. The van der Waals surface area contributed by atoms with E-state index >= 15 is 0 Å². The van der Waals surface area contributed by atoms with E-state index in [1.807, 2.05) is 0 Å². The SMILES string of the molecule is Cc1c(Cl)c(C)[n+]([O-])c(Br)c1-c1nc(-c2cc(O)c(O)c([N+](=O)[O-])c2)no1. The van der Waals surface area contributed by atoms with Gasteiger partial charge in [0.25, 0.3) is 10.5 Å². The highest BCUT2D eigenvalue weighted by atomic mass is 79.9. The number of pyridine rings is 1. The van der Waals surface area contributed by atoms with Gasteiger partial charge in [0.1, 0.15) is 10.6 Å². The molecule has 0 amide bonds. The number of benzene rings is 1. The summed E-state index contributed by atoms with van der Waals surface area (Å²) >= 11 is 9.33. The molecule has 0 unspecified atom stereocenters. The lowest BCUT2D eigenvalue weighted by Gasteiger charge is -2.10. The summed E-state index contributed by atoms with van der Waals surface area (Å²) in [6, 6.07) is 2.04. The number of nitro benzene ring substituents is 1. The van der Waals surface area contributed by atoms with E-state index in [9.17, 15) is 25.5 Å². The van der Waals surface area contributed by atoms with Crippen molar-refractivity contribution in [1.82, 2.24) is 10.1 Å². The monoisotopic (exact) mass is 456 g/mol. The maximum absolute atomic E-state index is 12.2. The number of phenols is 2. The Balaban J connectivity index is 2.17. The lowest BCUT2D eigenvalue weighted by Crippen LogP contribution is -2.33. The largest absolute Gasteiger partial charge is 0.618 e. The van der Waals surface area contributed by atoms with Gasteiger partial charge in [-0.1, -0.05) is 16.8 Å². The van der Waals surface area contributed by atoms with Crippen LogP contribution in [0.25, 0.3) is 22.8 Å². The van der Waals surface area contributed by atoms with Crippen LogP contribution in [0.5, 0.6) is 11.5 Å². The minimum atomic E-state index is -0.872. The molecule has 3 rings (SSSR count). The summed E-state index contributed by atoms with van der Waals surface area (Å²) in [7, 11) is 0. The van der Waals surface area contributed by atoms with E-state index in [1.54, 1.807) is 13.8 Å². The van der Waals surface area contributed by atoms with Gasteiger partial charge < -0.3 is 19.9 Å². The van der Waals surface area contributed by atoms with Crippen LogP contribution in [0.3, 0.4) is 0 Å². The van der Waals surface area contributed by atoms with Gasteiger partial charge in [-0.15, -0.1) is 0 Å².